The van der Waals surface area contributed by atoms with Crippen LogP contribution in [0.25, 0.3) is 0 Å². The van der Waals surface area contributed by atoms with Crippen LogP contribution in [0.1, 0.15) is 52.4 Å². The van der Waals surface area contributed by atoms with E-state index in [9.17, 15) is 9.59 Å². The molecule has 0 aromatic rings. The van der Waals surface area contributed by atoms with Gasteiger partial charge in [0.25, 0.3) is 0 Å². The molecule has 0 N–H and O–H groups in total. The lowest BCUT2D eigenvalue weighted by atomic mass is 9.46. The molecule has 5 aliphatic rings. The maximum atomic E-state index is 12.8. The third-order valence-electron chi connectivity index (χ3n) is 8.84. The Hall–Kier alpha value is -0.830. The molecule has 0 heterocycles. The van der Waals surface area contributed by atoms with Gasteiger partial charge in [-0.2, -0.15) is 0 Å². The van der Waals surface area contributed by atoms with Gasteiger partial charge in [-0.15, -0.1) is 11.8 Å². The lowest BCUT2D eigenvalue weighted by Gasteiger charge is -2.58. The van der Waals surface area contributed by atoms with Crippen LogP contribution >= 0.6 is 11.8 Å². The number of Topliss-reactive ketones (excluding diaryl/α,β-unsaturated/α-hetero) is 2. The van der Waals surface area contributed by atoms with Gasteiger partial charge < -0.3 is 0 Å². The molecule has 7 atom stereocenters. The standard InChI is InChI=1S/C22H28O2S/c1-11-9-12-14-5-6-17(23)21(14,2)8-7-15(12)22(3)16-10-13(16)19(24)20(25-4)18(11)22/h12-16H,1,5-10H2,2-4H3/t12-,13-,14-,15-,16?,21-,22-/m0/s1. The average molecular weight is 357 g/mol. The monoisotopic (exact) mass is 356 g/mol. The van der Waals surface area contributed by atoms with Crippen LogP contribution in [0.5, 0.6) is 0 Å². The van der Waals surface area contributed by atoms with E-state index in [0.29, 0.717) is 35.2 Å². The van der Waals surface area contributed by atoms with Gasteiger partial charge in [-0.3, -0.25) is 9.59 Å². The Morgan fingerprint density at radius 1 is 1.12 bits per heavy atom. The number of rotatable bonds is 1. The summed E-state index contributed by atoms with van der Waals surface area (Å²) in [6.07, 6.45) is 8.16. The third kappa shape index (κ3) is 1.79. The minimum absolute atomic E-state index is 0.0885. The number of fused-ring (bicyclic) bond motifs is 7. The Morgan fingerprint density at radius 3 is 2.60 bits per heavy atom. The van der Waals surface area contributed by atoms with Gasteiger partial charge in [-0.1, -0.05) is 20.4 Å². The Balaban J connectivity index is 1.64. The van der Waals surface area contributed by atoms with Crippen molar-refractivity contribution in [3.05, 3.63) is 22.6 Å². The van der Waals surface area contributed by atoms with Crippen LogP contribution in [0.4, 0.5) is 0 Å². The lowest BCUT2D eigenvalue weighted by Crippen LogP contribution is -2.52. The van der Waals surface area contributed by atoms with Gasteiger partial charge in [0, 0.05) is 23.2 Å². The Labute approximate surface area is 154 Å². The first kappa shape index (κ1) is 16.4. The van der Waals surface area contributed by atoms with Crippen molar-refractivity contribution >= 4 is 23.3 Å². The number of hydrogen-bond donors (Lipinski definition) is 0. The molecular formula is C22H28O2S. The van der Waals surface area contributed by atoms with Crippen LogP contribution < -0.4 is 0 Å². The normalized spacial score (nSPS) is 51.0. The van der Waals surface area contributed by atoms with Crippen molar-refractivity contribution in [3.63, 3.8) is 0 Å². The smallest absolute Gasteiger partial charge is 0.172 e. The van der Waals surface area contributed by atoms with Gasteiger partial charge in [-0.05, 0) is 73.2 Å². The molecule has 0 radical (unpaired) electrons. The molecule has 4 saturated carbocycles. The molecule has 0 aromatic carbocycles. The summed E-state index contributed by atoms with van der Waals surface area (Å²) in [7, 11) is 0. The molecule has 1 unspecified atom stereocenters. The van der Waals surface area contributed by atoms with Crippen molar-refractivity contribution < 1.29 is 9.59 Å². The zero-order chi connectivity index (χ0) is 17.7. The van der Waals surface area contributed by atoms with E-state index in [1.54, 1.807) is 11.8 Å². The maximum Gasteiger partial charge on any atom is 0.172 e. The Bertz CT molecular complexity index is 749. The first-order chi connectivity index (χ1) is 11.8. The summed E-state index contributed by atoms with van der Waals surface area (Å²) in [6.45, 7) is 9.14. The molecule has 5 aliphatic carbocycles. The molecule has 3 heteroatoms. The Kier molecular flexibility index (Phi) is 3.21. The molecule has 2 nitrogen and oxygen atoms in total. The third-order valence-corrected chi connectivity index (χ3v) is 9.66. The first-order valence-corrected chi connectivity index (χ1v) is 11.1. The molecule has 0 spiro atoms. The highest BCUT2D eigenvalue weighted by molar-refractivity contribution is 8.03. The molecule has 134 valence electrons. The predicted molar refractivity (Wildman–Crippen MR) is 101 cm³/mol. The highest BCUT2D eigenvalue weighted by Gasteiger charge is 2.67. The van der Waals surface area contributed by atoms with Gasteiger partial charge >= 0.3 is 0 Å². The highest BCUT2D eigenvalue weighted by Crippen LogP contribution is 2.72. The number of carbonyl (C=O) groups excluding carboxylic acids is 2. The van der Waals surface area contributed by atoms with Crippen molar-refractivity contribution in [2.24, 2.45) is 40.4 Å². The van der Waals surface area contributed by atoms with Gasteiger partial charge in [0.1, 0.15) is 5.78 Å². The van der Waals surface area contributed by atoms with E-state index >= 15 is 0 Å². The summed E-state index contributed by atoms with van der Waals surface area (Å²) < 4.78 is 0. The zero-order valence-electron chi connectivity index (χ0n) is 15.6. The van der Waals surface area contributed by atoms with Crippen molar-refractivity contribution in [1.82, 2.24) is 0 Å². The fourth-order valence-corrected chi connectivity index (χ4v) is 8.47. The van der Waals surface area contributed by atoms with E-state index in [1.807, 2.05) is 0 Å². The fourth-order valence-electron chi connectivity index (χ4n) is 7.55. The quantitative estimate of drug-likeness (QED) is 0.677. The molecule has 0 saturated heterocycles. The minimum Gasteiger partial charge on any atom is -0.299 e. The van der Waals surface area contributed by atoms with E-state index in [4.69, 9.17) is 0 Å². The molecule has 0 bridgehead atoms. The number of carbonyl (C=O) groups is 2. The summed E-state index contributed by atoms with van der Waals surface area (Å²) >= 11 is 1.65. The van der Waals surface area contributed by atoms with E-state index in [2.05, 4.69) is 26.7 Å². The average Bonchev–Trinajstić information content (AvgIpc) is 3.32. The first-order valence-electron chi connectivity index (χ1n) is 9.88. The van der Waals surface area contributed by atoms with Crippen LogP contribution in [0.15, 0.2) is 22.6 Å². The number of allylic oxidation sites excluding steroid dienone is 2. The summed E-state index contributed by atoms with van der Waals surface area (Å²) in [4.78, 5) is 26.4. The van der Waals surface area contributed by atoms with Crippen molar-refractivity contribution in [2.75, 3.05) is 6.26 Å². The van der Waals surface area contributed by atoms with Crippen molar-refractivity contribution in [1.29, 1.82) is 0 Å². The molecule has 4 fully saturated rings. The van der Waals surface area contributed by atoms with Gasteiger partial charge in [0.15, 0.2) is 5.78 Å². The summed E-state index contributed by atoms with van der Waals surface area (Å²) in [5, 5.41) is 0. The molecule has 0 aromatic heterocycles. The van der Waals surface area contributed by atoms with Crippen LogP contribution in [0.3, 0.4) is 0 Å². The SMILES string of the molecule is C=C1C[C@H]2[C@@H]3CCC(=O)[C@@]3(C)CC[C@@H]2[C@]2(C)C1=C(SC)C(=O)[C@H]1CC12. The van der Waals surface area contributed by atoms with E-state index in [0.717, 1.165) is 43.4 Å². The van der Waals surface area contributed by atoms with Crippen molar-refractivity contribution in [3.8, 4) is 0 Å². The van der Waals surface area contributed by atoms with E-state index in [1.165, 1.54) is 11.1 Å². The van der Waals surface area contributed by atoms with Crippen LogP contribution in [0.2, 0.25) is 0 Å². The Morgan fingerprint density at radius 2 is 1.88 bits per heavy atom. The summed E-state index contributed by atoms with van der Waals surface area (Å²) in [5.41, 5.74) is 2.55. The van der Waals surface area contributed by atoms with E-state index < -0.39 is 0 Å². The molecule has 0 amide bonds. The molecule has 25 heavy (non-hydrogen) atoms. The lowest BCUT2D eigenvalue weighted by molar-refractivity contribution is -0.132. The number of thioether (sulfide) groups is 1. The molecule has 0 aliphatic heterocycles. The minimum atomic E-state index is -0.0885. The van der Waals surface area contributed by atoms with Crippen LogP contribution in [-0.4, -0.2) is 17.8 Å². The second kappa shape index (κ2) is 4.91. The van der Waals surface area contributed by atoms with Crippen LogP contribution in [-0.2, 0) is 9.59 Å². The highest BCUT2D eigenvalue weighted by atomic mass is 32.2. The second-order valence-electron chi connectivity index (χ2n) is 9.61. The topological polar surface area (TPSA) is 34.1 Å². The second-order valence-corrected chi connectivity index (χ2v) is 10.4. The summed E-state index contributed by atoms with van der Waals surface area (Å²) in [6, 6.07) is 0. The van der Waals surface area contributed by atoms with Gasteiger partial charge in [-0.25, -0.2) is 0 Å². The predicted octanol–water partition coefficient (Wildman–Crippen LogP) is 4.80. The van der Waals surface area contributed by atoms with Crippen LogP contribution in [0, 0.1) is 40.4 Å². The van der Waals surface area contributed by atoms with Gasteiger partial charge in [0.05, 0.1) is 4.91 Å². The van der Waals surface area contributed by atoms with E-state index in [-0.39, 0.29) is 16.7 Å². The number of ketones is 2. The van der Waals surface area contributed by atoms with Crippen molar-refractivity contribution in [2.45, 2.75) is 52.4 Å². The molecular weight excluding hydrogens is 328 g/mol. The largest absolute Gasteiger partial charge is 0.299 e. The fraction of sp³-hybridized carbons (Fsp3) is 0.727. The zero-order valence-corrected chi connectivity index (χ0v) is 16.4. The number of hydrogen-bond acceptors (Lipinski definition) is 3. The van der Waals surface area contributed by atoms with Gasteiger partial charge in [0.2, 0.25) is 0 Å². The maximum absolute atomic E-state index is 12.8. The molecule has 5 rings (SSSR count). The summed E-state index contributed by atoms with van der Waals surface area (Å²) in [5.74, 6) is 3.42.